The Morgan fingerprint density at radius 3 is 3.19 bits per heavy atom. The van der Waals surface area contributed by atoms with Crippen molar-refractivity contribution in [2.45, 2.75) is 38.6 Å². The average Bonchev–Trinajstić information content (AvgIpc) is 2.70. The van der Waals surface area contributed by atoms with E-state index in [9.17, 15) is 5.11 Å². The first-order valence-electron chi connectivity index (χ1n) is 6.34. The third kappa shape index (κ3) is 2.65. The second-order valence-electron chi connectivity index (χ2n) is 5.34. The van der Waals surface area contributed by atoms with Crippen LogP contribution >= 0.6 is 0 Å². The van der Waals surface area contributed by atoms with Gasteiger partial charge in [-0.05, 0) is 24.8 Å². The van der Waals surface area contributed by atoms with Gasteiger partial charge in [0.2, 0.25) is 0 Å². The van der Waals surface area contributed by atoms with E-state index in [1.807, 2.05) is 0 Å². The molecule has 0 amide bonds. The number of aliphatic hydroxyl groups is 1. The third-order valence-electron chi connectivity index (χ3n) is 4.00. The second-order valence-corrected chi connectivity index (χ2v) is 5.34. The molecular weight excluding hydrogens is 202 g/mol. The van der Waals surface area contributed by atoms with Crippen LogP contribution in [0.4, 0.5) is 0 Å². The molecule has 92 valence electrons. The Bertz CT molecular complexity index is 265. The molecular formula is C13H23NO2. The lowest BCUT2D eigenvalue weighted by molar-refractivity contribution is 0.117. The fraction of sp³-hybridized carbons (Fsp3) is 0.846. The summed E-state index contributed by atoms with van der Waals surface area (Å²) >= 11 is 0. The summed E-state index contributed by atoms with van der Waals surface area (Å²) in [6.07, 6.45) is 6.87. The summed E-state index contributed by atoms with van der Waals surface area (Å²) in [6, 6.07) is 0.459. The Balaban J connectivity index is 1.83. The van der Waals surface area contributed by atoms with E-state index in [4.69, 9.17) is 4.74 Å². The van der Waals surface area contributed by atoms with Gasteiger partial charge in [-0.3, -0.25) is 0 Å². The highest BCUT2D eigenvalue weighted by Crippen LogP contribution is 2.37. The van der Waals surface area contributed by atoms with Gasteiger partial charge in [0.05, 0.1) is 13.2 Å². The summed E-state index contributed by atoms with van der Waals surface area (Å²) in [5, 5.41) is 13.0. The molecule has 0 spiro atoms. The van der Waals surface area contributed by atoms with Gasteiger partial charge in [-0.2, -0.15) is 0 Å². The lowest BCUT2D eigenvalue weighted by Crippen LogP contribution is -2.43. The number of hydrogen-bond donors (Lipinski definition) is 2. The Morgan fingerprint density at radius 2 is 2.50 bits per heavy atom. The highest BCUT2D eigenvalue weighted by molar-refractivity contribution is 5.08. The SMILES string of the molecule is CC1(CO)CCCC1NCC1=CCCOC1. The van der Waals surface area contributed by atoms with E-state index in [0.717, 1.165) is 32.6 Å². The highest BCUT2D eigenvalue weighted by atomic mass is 16.5. The van der Waals surface area contributed by atoms with E-state index in [0.29, 0.717) is 12.6 Å². The second kappa shape index (κ2) is 5.30. The first kappa shape index (κ1) is 12.1. The molecule has 2 rings (SSSR count). The summed E-state index contributed by atoms with van der Waals surface area (Å²) in [4.78, 5) is 0. The van der Waals surface area contributed by atoms with E-state index in [-0.39, 0.29) is 5.41 Å². The normalized spacial score (nSPS) is 35.1. The maximum atomic E-state index is 9.45. The van der Waals surface area contributed by atoms with Crippen LogP contribution in [0.5, 0.6) is 0 Å². The van der Waals surface area contributed by atoms with Crippen LogP contribution in [-0.4, -0.2) is 37.5 Å². The molecule has 0 aromatic heterocycles. The van der Waals surface area contributed by atoms with Gasteiger partial charge >= 0.3 is 0 Å². The molecule has 2 unspecified atom stereocenters. The molecule has 1 aliphatic heterocycles. The molecule has 1 aliphatic carbocycles. The molecule has 2 N–H and O–H groups in total. The zero-order valence-corrected chi connectivity index (χ0v) is 10.2. The van der Waals surface area contributed by atoms with Crippen molar-refractivity contribution in [1.82, 2.24) is 5.32 Å². The van der Waals surface area contributed by atoms with Crippen LogP contribution in [0.15, 0.2) is 11.6 Å². The number of ether oxygens (including phenoxy) is 1. The minimum Gasteiger partial charge on any atom is -0.396 e. The summed E-state index contributed by atoms with van der Waals surface area (Å²) in [7, 11) is 0. The Morgan fingerprint density at radius 1 is 1.62 bits per heavy atom. The number of rotatable bonds is 4. The Kier molecular flexibility index (Phi) is 4.00. The maximum Gasteiger partial charge on any atom is 0.0689 e. The first-order chi connectivity index (χ1) is 7.74. The number of aliphatic hydroxyl groups excluding tert-OH is 1. The van der Waals surface area contributed by atoms with E-state index in [1.165, 1.54) is 18.4 Å². The van der Waals surface area contributed by atoms with Crippen LogP contribution in [0.2, 0.25) is 0 Å². The standard InChI is InChI=1S/C13H23NO2/c1-13(10-15)6-2-5-12(13)14-8-11-4-3-7-16-9-11/h4,12,14-15H,2-3,5-10H2,1H3. The molecule has 1 heterocycles. The predicted molar refractivity (Wildman–Crippen MR) is 64.4 cm³/mol. The first-order valence-corrected chi connectivity index (χ1v) is 6.34. The molecule has 2 atom stereocenters. The van der Waals surface area contributed by atoms with Gasteiger partial charge in [0.15, 0.2) is 0 Å². The molecule has 3 heteroatoms. The smallest absolute Gasteiger partial charge is 0.0689 e. The van der Waals surface area contributed by atoms with Gasteiger partial charge < -0.3 is 15.2 Å². The summed E-state index contributed by atoms with van der Waals surface area (Å²) in [5.74, 6) is 0. The fourth-order valence-electron chi connectivity index (χ4n) is 2.76. The van der Waals surface area contributed by atoms with E-state index < -0.39 is 0 Å². The topological polar surface area (TPSA) is 41.5 Å². The highest BCUT2D eigenvalue weighted by Gasteiger charge is 2.37. The lowest BCUT2D eigenvalue weighted by Gasteiger charge is -2.31. The molecule has 0 radical (unpaired) electrons. The van der Waals surface area contributed by atoms with Crippen LogP contribution in [-0.2, 0) is 4.74 Å². The quantitative estimate of drug-likeness (QED) is 0.712. The van der Waals surface area contributed by atoms with E-state index >= 15 is 0 Å². The van der Waals surface area contributed by atoms with Gasteiger partial charge in [-0.1, -0.05) is 19.4 Å². The third-order valence-corrected chi connectivity index (χ3v) is 4.00. The van der Waals surface area contributed by atoms with E-state index in [1.54, 1.807) is 0 Å². The molecule has 2 aliphatic rings. The van der Waals surface area contributed by atoms with Crippen molar-refractivity contribution in [3.63, 3.8) is 0 Å². The minimum absolute atomic E-state index is 0.0794. The minimum atomic E-state index is 0.0794. The van der Waals surface area contributed by atoms with Crippen molar-refractivity contribution < 1.29 is 9.84 Å². The largest absolute Gasteiger partial charge is 0.396 e. The van der Waals surface area contributed by atoms with Gasteiger partial charge in [-0.15, -0.1) is 0 Å². The van der Waals surface area contributed by atoms with Crippen molar-refractivity contribution in [2.75, 3.05) is 26.4 Å². The van der Waals surface area contributed by atoms with Crippen molar-refractivity contribution in [3.05, 3.63) is 11.6 Å². The van der Waals surface area contributed by atoms with Crippen molar-refractivity contribution in [2.24, 2.45) is 5.41 Å². The van der Waals surface area contributed by atoms with E-state index in [2.05, 4.69) is 18.3 Å². The zero-order valence-electron chi connectivity index (χ0n) is 10.2. The Hall–Kier alpha value is -0.380. The maximum absolute atomic E-state index is 9.45. The van der Waals surface area contributed by atoms with Crippen molar-refractivity contribution in [3.8, 4) is 0 Å². The number of hydrogen-bond acceptors (Lipinski definition) is 3. The predicted octanol–water partition coefficient (Wildman–Crippen LogP) is 1.47. The van der Waals surface area contributed by atoms with Gasteiger partial charge in [0, 0.05) is 24.6 Å². The summed E-state index contributed by atoms with van der Waals surface area (Å²) in [5.41, 5.74) is 1.44. The van der Waals surface area contributed by atoms with Crippen LogP contribution < -0.4 is 5.32 Å². The van der Waals surface area contributed by atoms with Gasteiger partial charge in [0.25, 0.3) is 0 Å². The van der Waals surface area contributed by atoms with Crippen LogP contribution in [0.1, 0.15) is 32.6 Å². The molecule has 16 heavy (non-hydrogen) atoms. The molecule has 0 aromatic rings. The van der Waals surface area contributed by atoms with Crippen LogP contribution in [0, 0.1) is 5.41 Å². The summed E-state index contributed by atoms with van der Waals surface area (Å²) in [6.45, 7) is 5.03. The van der Waals surface area contributed by atoms with Gasteiger partial charge in [-0.25, -0.2) is 0 Å². The number of nitrogens with one attached hydrogen (secondary N) is 1. The Labute approximate surface area is 97.9 Å². The zero-order chi connectivity index (χ0) is 11.4. The van der Waals surface area contributed by atoms with Crippen molar-refractivity contribution in [1.29, 1.82) is 0 Å². The van der Waals surface area contributed by atoms with Crippen LogP contribution in [0.25, 0.3) is 0 Å². The molecule has 0 bridgehead atoms. The monoisotopic (exact) mass is 225 g/mol. The average molecular weight is 225 g/mol. The summed E-state index contributed by atoms with van der Waals surface area (Å²) < 4.78 is 5.42. The van der Waals surface area contributed by atoms with Crippen molar-refractivity contribution >= 4 is 0 Å². The molecule has 3 nitrogen and oxygen atoms in total. The fourth-order valence-corrected chi connectivity index (χ4v) is 2.76. The van der Waals surface area contributed by atoms with Crippen LogP contribution in [0.3, 0.4) is 0 Å². The molecule has 0 saturated heterocycles. The molecule has 1 fully saturated rings. The lowest BCUT2D eigenvalue weighted by atomic mass is 9.85. The molecule has 1 saturated carbocycles. The molecule has 0 aromatic carbocycles. The van der Waals surface area contributed by atoms with Gasteiger partial charge in [0.1, 0.15) is 0 Å².